The summed E-state index contributed by atoms with van der Waals surface area (Å²) in [6.45, 7) is 0. The topological polar surface area (TPSA) is 18.8 Å². The number of benzene rings is 4. The van der Waals surface area contributed by atoms with E-state index in [-0.39, 0.29) is 6.17 Å². The largest absolute Gasteiger partial charge is 0.297 e. The minimum atomic E-state index is -0.0730. The Labute approximate surface area is 171 Å². The summed E-state index contributed by atoms with van der Waals surface area (Å²) in [5.74, 6) is 0.939. The molecule has 1 aliphatic rings. The summed E-state index contributed by atoms with van der Waals surface area (Å²) in [5, 5.41) is 7.24. The first-order chi connectivity index (χ1) is 14.4. The fourth-order valence-electron chi connectivity index (χ4n) is 3.76. The van der Waals surface area contributed by atoms with E-state index in [0.717, 1.165) is 22.8 Å². The maximum absolute atomic E-state index is 5.12. The number of rotatable bonds is 4. The van der Waals surface area contributed by atoms with Gasteiger partial charge in [0, 0.05) is 11.3 Å². The van der Waals surface area contributed by atoms with E-state index >= 15 is 0 Å². The molecule has 29 heavy (non-hydrogen) atoms. The Morgan fingerprint density at radius 3 is 1.59 bits per heavy atom. The molecule has 0 saturated carbocycles. The van der Waals surface area contributed by atoms with Gasteiger partial charge in [0.15, 0.2) is 12.0 Å². The molecule has 5 rings (SSSR count). The highest BCUT2D eigenvalue weighted by Crippen LogP contribution is 2.39. The van der Waals surface area contributed by atoms with Gasteiger partial charge in [0.2, 0.25) is 0 Å². The normalized spacial score (nSPS) is 16.0. The van der Waals surface area contributed by atoms with Crippen molar-refractivity contribution in [2.45, 2.75) is 6.17 Å². The monoisotopic (exact) mass is 375 g/mol. The summed E-state index contributed by atoms with van der Waals surface area (Å²) in [7, 11) is 0. The van der Waals surface area contributed by atoms with Gasteiger partial charge in [0.1, 0.15) is 0 Å². The smallest absolute Gasteiger partial charge is 0.162 e. The molecule has 4 aromatic rings. The first-order valence-corrected chi connectivity index (χ1v) is 9.79. The van der Waals surface area contributed by atoms with Gasteiger partial charge in [-0.2, -0.15) is 5.10 Å². The van der Waals surface area contributed by atoms with E-state index in [1.165, 1.54) is 5.56 Å². The first kappa shape index (κ1) is 17.3. The van der Waals surface area contributed by atoms with Crippen molar-refractivity contribution in [3.63, 3.8) is 0 Å². The van der Waals surface area contributed by atoms with Gasteiger partial charge in [-0.25, -0.2) is 5.01 Å². The van der Waals surface area contributed by atoms with Gasteiger partial charge in [0.05, 0.1) is 5.69 Å². The van der Waals surface area contributed by atoms with E-state index in [9.17, 15) is 0 Å². The highest BCUT2D eigenvalue weighted by molar-refractivity contribution is 6.12. The summed E-state index contributed by atoms with van der Waals surface area (Å²) < 4.78 is 0. The third-order valence-corrected chi connectivity index (χ3v) is 5.09. The van der Waals surface area contributed by atoms with Crippen LogP contribution in [0.15, 0.2) is 126 Å². The van der Waals surface area contributed by atoms with Crippen LogP contribution in [0.25, 0.3) is 0 Å². The van der Waals surface area contributed by atoms with Crippen LogP contribution < -0.4 is 9.91 Å². The number of hydrogen-bond acceptors (Lipinski definition) is 3. The predicted molar refractivity (Wildman–Crippen MR) is 120 cm³/mol. The van der Waals surface area contributed by atoms with Gasteiger partial charge >= 0.3 is 0 Å². The van der Waals surface area contributed by atoms with Crippen molar-refractivity contribution in [2.75, 3.05) is 9.91 Å². The molecule has 1 heterocycles. The Kier molecular flexibility index (Phi) is 4.55. The van der Waals surface area contributed by atoms with E-state index < -0.39 is 0 Å². The van der Waals surface area contributed by atoms with Crippen LogP contribution in [-0.4, -0.2) is 5.84 Å². The van der Waals surface area contributed by atoms with Crippen molar-refractivity contribution in [3.8, 4) is 0 Å². The summed E-state index contributed by atoms with van der Waals surface area (Å²) in [6, 6.07) is 41.8. The highest BCUT2D eigenvalue weighted by Gasteiger charge is 2.37. The van der Waals surface area contributed by atoms with Crippen LogP contribution in [0.2, 0.25) is 0 Å². The zero-order valence-corrected chi connectivity index (χ0v) is 16.0. The molecule has 0 spiro atoms. The van der Waals surface area contributed by atoms with Crippen LogP contribution in [0.4, 0.5) is 11.4 Å². The van der Waals surface area contributed by atoms with Crippen LogP contribution in [0.1, 0.15) is 17.3 Å². The molecule has 0 saturated heterocycles. The molecule has 3 nitrogen and oxygen atoms in total. The van der Waals surface area contributed by atoms with Crippen molar-refractivity contribution in [1.29, 1.82) is 0 Å². The van der Waals surface area contributed by atoms with Gasteiger partial charge < -0.3 is 0 Å². The van der Waals surface area contributed by atoms with E-state index in [1.807, 2.05) is 18.2 Å². The Morgan fingerprint density at radius 1 is 0.517 bits per heavy atom. The zero-order chi connectivity index (χ0) is 19.5. The van der Waals surface area contributed by atoms with Crippen LogP contribution in [0.5, 0.6) is 0 Å². The molecule has 1 aliphatic heterocycles. The predicted octanol–water partition coefficient (Wildman–Crippen LogP) is 6.07. The number of hydrogen-bond donors (Lipinski definition) is 0. The second kappa shape index (κ2) is 7.64. The average molecular weight is 375 g/mol. The second-order valence-corrected chi connectivity index (χ2v) is 6.96. The second-order valence-electron chi connectivity index (χ2n) is 6.96. The quantitative estimate of drug-likeness (QED) is 0.431. The molecule has 4 aromatic carbocycles. The van der Waals surface area contributed by atoms with Gasteiger partial charge in [-0.15, -0.1) is 0 Å². The molecule has 0 aromatic heterocycles. The van der Waals surface area contributed by atoms with Gasteiger partial charge in [-0.1, -0.05) is 97.1 Å². The lowest BCUT2D eigenvalue weighted by atomic mass is 10.1. The van der Waals surface area contributed by atoms with Gasteiger partial charge in [-0.05, 0) is 29.8 Å². The molecular weight excluding hydrogens is 354 g/mol. The van der Waals surface area contributed by atoms with Crippen molar-refractivity contribution in [3.05, 3.63) is 132 Å². The summed E-state index contributed by atoms with van der Waals surface area (Å²) in [6.07, 6.45) is -0.0730. The Morgan fingerprint density at radius 2 is 1.00 bits per heavy atom. The summed E-state index contributed by atoms with van der Waals surface area (Å²) in [4.78, 5) is 2.32. The van der Waals surface area contributed by atoms with Crippen molar-refractivity contribution in [2.24, 2.45) is 5.10 Å². The molecule has 140 valence electrons. The lowest BCUT2D eigenvalue weighted by Gasteiger charge is -2.32. The Hall–Kier alpha value is -3.85. The van der Waals surface area contributed by atoms with E-state index in [4.69, 9.17) is 5.10 Å². The third-order valence-electron chi connectivity index (χ3n) is 5.09. The Balaban J connectivity index is 1.72. The van der Waals surface area contributed by atoms with Crippen molar-refractivity contribution < 1.29 is 0 Å². The van der Waals surface area contributed by atoms with Crippen LogP contribution >= 0.6 is 0 Å². The summed E-state index contributed by atoms with van der Waals surface area (Å²) >= 11 is 0. The number of nitrogens with zero attached hydrogens (tertiary/aromatic N) is 3. The fourth-order valence-corrected chi connectivity index (χ4v) is 3.76. The van der Waals surface area contributed by atoms with Crippen LogP contribution in [0, 0.1) is 0 Å². The van der Waals surface area contributed by atoms with Crippen LogP contribution in [0.3, 0.4) is 0 Å². The average Bonchev–Trinajstić information content (AvgIpc) is 3.22. The SMILES string of the molecule is c1ccc(C2=NN(c3ccccc3)C(c3ccccc3)N2c2ccccc2)cc1. The van der Waals surface area contributed by atoms with Gasteiger partial charge in [0.25, 0.3) is 0 Å². The number of anilines is 2. The molecule has 0 N–H and O–H groups in total. The van der Waals surface area contributed by atoms with Crippen molar-refractivity contribution >= 4 is 17.2 Å². The maximum atomic E-state index is 5.12. The third kappa shape index (κ3) is 3.27. The minimum Gasteiger partial charge on any atom is -0.297 e. The highest BCUT2D eigenvalue weighted by atomic mass is 15.6. The molecule has 0 amide bonds. The first-order valence-electron chi connectivity index (χ1n) is 9.79. The Bertz CT molecular complexity index is 1090. The molecule has 1 unspecified atom stereocenters. The zero-order valence-electron chi connectivity index (χ0n) is 16.0. The number of hydrazone groups is 1. The number of amidine groups is 1. The molecule has 0 aliphatic carbocycles. The van der Waals surface area contributed by atoms with Crippen LogP contribution in [-0.2, 0) is 0 Å². The molecular formula is C26H21N3. The van der Waals surface area contributed by atoms with E-state index in [1.54, 1.807) is 0 Å². The number of para-hydroxylation sites is 2. The lowest BCUT2D eigenvalue weighted by molar-refractivity contribution is 0.703. The van der Waals surface area contributed by atoms with Crippen molar-refractivity contribution in [1.82, 2.24) is 0 Å². The minimum absolute atomic E-state index is 0.0730. The van der Waals surface area contributed by atoms with E-state index in [2.05, 4.69) is 113 Å². The lowest BCUT2D eigenvalue weighted by Crippen LogP contribution is -2.35. The van der Waals surface area contributed by atoms with E-state index in [0.29, 0.717) is 0 Å². The fraction of sp³-hybridized carbons (Fsp3) is 0.0385. The standard InChI is InChI=1S/C26H21N3/c1-5-13-21(14-6-1)25-27-29(24-19-11-4-12-20-24)26(22-15-7-2-8-16-22)28(25)23-17-9-3-10-18-23/h1-20,26H. The molecule has 0 radical (unpaired) electrons. The molecule has 3 heteroatoms. The molecule has 0 bridgehead atoms. The maximum Gasteiger partial charge on any atom is 0.162 e. The summed E-state index contributed by atoms with van der Waals surface area (Å²) in [5.41, 5.74) is 4.46. The molecule has 0 fully saturated rings. The van der Waals surface area contributed by atoms with Gasteiger partial charge in [-0.3, -0.25) is 4.90 Å². The molecule has 1 atom stereocenters.